The van der Waals surface area contributed by atoms with Gasteiger partial charge in [-0.2, -0.15) is 0 Å². The van der Waals surface area contributed by atoms with Gasteiger partial charge < -0.3 is 5.73 Å². The predicted octanol–water partition coefficient (Wildman–Crippen LogP) is 0.108. The van der Waals surface area contributed by atoms with Crippen LogP contribution in [0.5, 0.6) is 0 Å². The Kier molecular flexibility index (Phi) is 2.81. The standard InChI is InChI=1S/C8H13N5/c1-5-3-7(6(2)11-4-5)12-8(9)13-10/h3-4H,10H2,1-2H3,(H3,9,12,13). The highest BCUT2D eigenvalue weighted by atomic mass is 15.3. The van der Waals surface area contributed by atoms with Crippen molar-refractivity contribution in [2.45, 2.75) is 13.8 Å². The zero-order valence-corrected chi connectivity index (χ0v) is 7.70. The number of hydrogen-bond acceptors (Lipinski definition) is 3. The summed E-state index contributed by atoms with van der Waals surface area (Å²) in [6, 6.07) is 1.90. The number of nitrogens with zero attached hydrogens (tertiary/aromatic N) is 2. The fourth-order valence-corrected chi connectivity index (χ4v) is 0.897. The number of aromatic nitrogens is 1. The van der Waals surface area contributed by atoms with E-state index in [1.807, 2.05) is 19.9 Å². The smallest absolute Gasteiger partial charge is 0.208 e. The van der Waals surface area contributed by atoms with E-state index >= 15 is 0 Å². The third kappa shape index (κ3) is 2.41. The molecule has 5 N–H and O–H groups in total. The Morgan fingerprint density at radius 1 is 1.54 bits per heavy atom. The molecule has 1 aromatic heterocycles. The number of hydrazine groups is 1. The lowest BCUT2D eigenvalue weighted by Gasteiger charge is -2.02. The number of pyridine rings is 1. The molecule has 0 aromatic carbocycles. The average Bonchev–Trinajstić information content (AvgIpc) is 2.11. The highest BCUT2D eigenvalue weighted by molar-refractivity contribution is 5.80. The summed E-state index contributed by atoms with van der Waals surface area (Å²) in [6.07, 6.45) is 1.78. The Bertz CT molecular complexity index is 331. The molecule has 0 aliphatic carbocycles. The van der Waals surface area contributed by atoms with Crippen LogP contribution in [0.2, 0.25) is 0 Å². The maximum absolute atomic E-state index is 5.41. The van der Waals surface area contributed by atoms with Crippen molar-refractivity contribution >= 4 is 11.6 Å². The van der Waals surface area contributed by atoms with Crippen LogP contribution in [0.3, 0.4) is 0 Å². The minimum absolute atomic E-state index is 0.176. The van der Waals surface area contributed by atoms with E-state index in [2.05, 4.69) is 15.4 Å². The van der Waals surface area contributed by atoms with Gasteiger partial charge in [0.2, 0.25) is 5.96 Å². The Labute approximate surface area is 76.8 Å². The van der Waals surface area contributed by atoms with Crippen LogP contribution in [-0.2, 0) is 0 Å². The number of rotatable bonds is 1. The van der Waals surface area contributed by atoms with Gasteiger partial charge in [-0.1, -0.05) is 0 Å². The molecule has 0 spiro atoms. The summed E-state index contributed by atoms with van der Waals surface area (Å²) in [7, 11) is 0. The first-order chi connectivity index (χ1) is 6.13. The molecule has 0 unspecified atom stereocenters. The van der Waals surface area contributed by atoms with Gasteiger partial charge in [-0.25, -0.2) is 10.8 Å². The van der Waals surface area contributed by atoms with Gasteiger partial charge >= 0.3 is 0 Å². The third-order valence-corrected chi connectivity index (χ3v) is 1.59. The van der Waals surface area contributed by atoms with Crippen molar-refractivity contribution in [1.82, 2.24) is 10.4 Å². The molecule has 1 heterocycles. The lowest BCUT2D eigenvalue weighted by Crippen LogP contribution is -2.36. The lowest BCUT2D eigenvalue weighted by molar-refractivity contribution is 1.00. The first-order valence-corrected chi connectivity index (χ1v) is 3.87. The Morgan fingerprint density at radius 3 is 2.85 bits per heavy atom. The number of hydrogen-bond donors (Lipinski definition) is 3. The van der Waals surface area contributed by atoms with E-state index in [-0.39, 0.29) is 5.96 Å². The van der Waals surface area contributed by atoms with E-state index in [0.29, 0.717) is 0 Å². The van der Waals surface area contributed by atoms with Crippen LogP contribution in [0.25, 0.3) is 0 Å². The van der Waals surface area contributed by atoms with E-state index in [1.165, 1.54) is 0 Å². The fraction of sp³-hybridized carbons (Fsp3) is 0.250. The molecule has 70 valence electrons. The Balaban J connectivity index is 3.07. The summed E-state index contributed by atoms with van der Waals surface area (Å²) in [4.78, 5) is 8.17. The van der Waals surface area contributed by atoms with Crippen molar-refractivity contribution in [1.29, 1.82) is 0 Å². The van der Waals surface area contributed by atoms with Crippen LogP contribution < -0.4 is 17.0 Å². The molecule has 1 rings (SSSR count). The van der Waals surface area contributed by atoms with Crippen molar-refractivity contribution in [3.8, 4) is 0 Å². The average molecular weight is 179 g/mol. The largest absolute Gasteiger partial charge is 0.369 e. The molecule has 0 radical (unpaired) electrons. The molecular weight excluding hydrogens is 166 g/mol. The van der Waals surface area contributed by atoms with Gasteiger partial charge in [0.25, 0.3) is 0 Å². The monoisotopic (exact) mass is 179 g/mol. The SMILES string of the molecule is Cc1cnc(C)c(N=C(N)NN)c1. The van der Waals surface area contributed by atoms with Crippen molar-refractivity contribution in [3.63, 3.8) is 0 Å². The predicted molar refractivity (Wildman–Crippen MR) is 52.3 cm³/mol. The number of guanidine groups is 1. The highest BCUT2D eigenvalue weighted by Crippen LogP contribution is 2.16. The second-order valence-corrected chi connectivity index (χ2v) is 2.76. The summed E-state index contributed by atoms with van der Waals surface area (Å²) in [5.74, 6) is 5.26. The van der Waals surface area contributed by atoms with Crippen LogP contribution in [0, 0.1) is 13.8 Å². The van der Waals surface area contributed by atoms with E-state index in [9.17, 15) is 0 Å². The molecule has 0 saturated heterocycles. The normalized spacial score (nSPS) is 11.5. The van der Waals surface area contributed by atoms with E-state index in [1.54, 1.807) is 6.20 Å². The minimum Gasteiger partial charge on any atom is -0.369 e. The van der Waals surface area contributed by atoms with Crippen molar-refractivity contribution < 1.29 is 0 Å². The molecule has 5 nitrogen and oxygen atoms in total. The fourth-order valence-electron chi connectivity index (χ4n) is 0.897. The van der Waals surface area contributed by atoms with Gasteiger partial charge in [0.05, 0.1) is 11.4 Å². The molecule has 0 saturated carbocycles. The number of aliphatic imine (C=N–C) groups is 1. The molecular formula is C8H13N5. The van der Waals surface area contributed by atoms with E-state index in [4.69, 9.17) is 11.6 Å². The van der Waals surface area contributed by atoms with Crippen LogP contribution in [-0.4, -0.2) is 10.9 Å². The van der Waals surface area contributed by atoms with Gasteiger partial charge in [0.1, 0.15) is 0 Å². The van der Waals surface area contributed by atoms with E-state index < -0.39 is 0 Å². The quantitative estimate of drug-likeness (QED) is 0.247. The summed E-state index contributed by atoms with van der Waals surface area (Å²) in [6.45, 7) is 3.81. The maximum Gasteiger partial charge on any atom is 0.208 e. The van der Waals surface area contributed by atoms with Crippen molar-refractivity contribution in [3.05, 3.63) is 23.5 Å². The topological polar surface area (TPSA) is 89.3 Å². The summed E-state index contributed by atoms with van der Waals surface area (Å²) < 4.78 is 0. The van der Waals surface area contributed by atoms with Crippen LogP contribution in [0.15, 0.2) is 17.3 Å². The van der Waals surface area contributed by atoms with Gasteiger partial charge in [-0.05, 0) is 25.5 Å². The van der Waals surface area contributed by atoms with Gasteiger partial charge in [0.15, 0.2) is 0 Å². The molecule has 0 bridgehead atoms. The third-order valence-electron chi connectivity index (χ3n) is 1.59. The first-order valence-electron chi connectivity index (χ1n) is 3.87. The molecule has 0 amide bonds. The van der Waals surface area contributed by atoms with Gasteiger partial charge in [0, 0.05) is 6.20 Å². The van der Waals surface area contributed by atoms with Gasteiger partial charge in [-0.15, -0.1) is 0 Å². The summed E-state index contributed by atoms with van der Waals surface area (Å²) in [5.41, 5.74) is 10.3. The molecule has 13 heavy (non-hydrogen) atoms. The van der Waals surface area contributed by atoms with Crippen molar-refractivity contribution in [2.75, 3.05) is 0 Å². The lowest BCUT2D eigenvalue weighted by atomic mass is 10.2. The molecule has 1 aromatic rings. The van der Waals surface area contributed by atoms with Gasteiger partial charge in [-0.3, -0.25) is 10.4 Å². The zero-order chi connectivity index (χ0) is 9.84. The highest BCUT2D eigenvalue weighted by Gasteiger charge is 1.98. The maximum atomic E-state index is 5.41. The molecule has 0 aliphatic heterocycles. The molecule has 5 heteroatoms. The molecule has 0 fully saturated rings. The van der Waals surface area contributed by atoms with Crippen LogP contribution in [0.4, 0.5) is 5.69 Å². The number of nitrogens with two attached hydrogens (primary N) is 2. The van der Waals surface area contributed by atoms with Crippen molar-refractivity contribution in [2.24, 2.45) is 16.6 Å². The Hall–Kier alpha value is -1.62. The zero-order valence-electron chi connectivity index (χ0n) is 7.70. The number of nitrogens with one attached hydrogen (secondary N) is 1. The summed E-state index contributed by atoms with van der Waals surface area (Å²) >= 11 is 0. The second-order valence-electron chi connectivity index (χ2n) is 2.76. The molecule has 0 aliphatic rings. The van der Waals surface area contributed by atoms with Crippen LogP contribution in [0.1, 0.15) is 11.3 Å². The Morgan fingerprint density at radius 2 is 2.23 bits per heavy atom. The summed E-state index contributed by atoms with van der Waals surface area (Å²) in [5, 5.41) is 0. The number of aryl methyl sites for hydroxylation is 2. The molecule has 0 atom stereocenters. The minimum atomic E-state index is 0.176. The van der Waals surface area contributed by atoms with E-state index in [0.717, 1.165) is 16.9 Å². The second kappa shape index (κ2) is 3.86. The van der Waals surface area contributed by atoms with Crippen LogP contribution >= 0.6 is 0 Å². The first kappa shape index (κ1) is 9.47.